The highest BCUT2D eigenvalue weighted by Gasteiger charge is 2.13. The van der Waals surface area contributed by atoms with Gasteiger partial charge in [0.15, 0.2) is 0 Å². The molecule has 5 aromatic rings. The first-order valence-electron chi connectivity index (χ1n) is 10.8. The second-order valence-electron chi connectivity index (χ2n) is 7.42. The van der Waals surface area contributed by atoms with E-state index in [0.717, 1.165) is 33.9 Å². The number of anilines is 1. The van der Waals surface area contributed by atoms with E-state index in [1.54, 1.807) is 6.21 Å². The van der Waals surface area contributed by atoms with Crippen LogP contribution < -0.4 is 10.2 Å². The van der Waals surface area contributed by atoms with E-state index in [4.69, 9.17) is 9.72 Å². The Kier molecular flexibility index (Phi) is 6.30. The van der Waals surface area contributed by atoms with Crippen molar-refractivity contribution in [3.63, 3.8) is 0 Å². The molecule has 0 atom stereocenters. The van der Waals surface area contributed by atoms with Gasteiger partial charge in [-0.25, -0.2) is 10.4 Å². The molecular formula is C28H21N5O. The Morgan fingerprint density at radius 1 is 0.618 bits per heavy atom. The molecule has 1 heterocycles. The number of rotatable bonds is 7. The van der Waals surface area contributed by atoms with Crippen LogP contribution in [0.25, 0.3) is 22.5 Å². The Labute approximate surface area is 197 Å². The van der Waals surface area contributed by atoms with Gasteiger partial charge in [-0.3, -0.25) is 0 Å². The lowest BCUT2D eigenvalue weighted by molar-refractivity contribution is 0.482. The third kappa shape index (κ3) is 5.14. The van der Waals surface area contributed by atoms with Gasteiger partial charge in [-0.1, -0.05) is 91.0 Å². The molecule has 6 heteroatoms. The summed E-state index contributed by atoms with van der Waals surface area (Å²) in [6, 6.07) is 37.1. The van der Waals surface area contributed by atoms with E-state index in [2.05, 4.69) is 20.7 Å². The van der Waals surface area contributed by atoms with Gasteiger partial charge >= 0.3 is 0 Å². The SMILES string of the molecule is C(=NNc1nnc(-c2ccccc2)c(-c2ccccc2)n1)c1cccc(Oc2ccccc2)c1. The number of benzene rings is 4. The minimum atomic E-state index is 0.312. The van der Waals surface area contributed by atoms with E-state index in [1.165, 1.54) is 0 Å². The van der Waals surface area contributed by atoms with Crippen LogP contribution in [0.1, 0.15) is 5.56 Å². The lowest BCUT2D eigenvalue weighted by Gasteiger charge is -2.09. The second kappa shape index (κ2) is 10.2. The fraction of sp³-hybridized carbons (Fsp3) is 0. The number of hydrogen-bond donors (Lipinski definition) is 1. The lowest BCUT2D eigenvalue weighted by atomic mass is 10.0. The average molecular weight is 444 g/mol. The summed E-state index contributed by atoms with van der Waals surface area (Å²) < 4.78 is 5.89. The summed E-state index contributed by atoms with van der Waals surface area (Å²) in [7, 11) is 0. The molecule has 1 aromatic heterocycles. The molecule has 0 radical (unpaired) electrons. The van der Waals surface area contributed by atoms with Crippen LogP contribution in [-0.4, -0.2) is 21.4 Å². The first kappa shape index (κ1) is 21.0. The van der Waals surface area contributed by atoms with Crippen molar-refractivity contribution in [2.45, 2.75) is 0 Å². The Morgan fingerprint density at radius 3 is 1.94 bits per heavy atom. The Hall–Kier alpha value is -4.84. The first-order chi connectivity index (χ1) is 16.8. The molecule has 164 valence electrons. The minimum absolute atomic E-state index is 0.312. The molecule has 0 saturated carbocycles. The summed E-state index contributed by atoms with van der Waals surface area (Å²) in [4.78, 5) is 4.70. The number of hydrogen-bond acceptors (Lipinski definition) is 6. The molecule has 0 saturated heterocycles. The van der Waals surface area contributed by atoms with Crippen LogP contribution >= 0.6 is 0 Å². The lowest BCUT2D eigenvalue weighted by Crippen LogP contribution is -2.03. The van der Waals surface area contributed by atoms with Gasteiger partial charge in [0.1, 0.15) is 22.9 Å². The summed E-state index contributed by atoms with van der Waals surface area (Å²) in [5, 5.41) is 13.0. The summed E-state index contributed by atoms with van der Waals surface area (Å²) in [6.07, 6.45) is 1.69. The maximum absolute atomic E-state index is 5.89. The largest absolute Gasteiger partial charge is 0.457 e. The third-order valence-corrected chi connectivity index (χ3v) is 5.00. The monoisotopic (exact) mass is 443 g/mol. The standard InChI is InChI=1S/C28H21N5O/c1-4-12-22(13-5-1)26-27(23-14-6-2-7-15-23)31-33-28(30-26)32-29-20-21-11-10-18-25(19-21)34-24-16-8-3-9-17-24/h1-20H,(H,30,32,33). The topological polar surface area (TPSA) is 72.3 Å². The van der Waals surface area contributed by atoms with Gasteiger partial charge < -0.3 is 4.74 Å². The maximum Gasteiger partial charge on any atom is 0.263 e. The highest BCUT2D eigenvalue weighted by Crippen LogP contribution is 2.28. The van der Waals surface area contributed by atoms with Crippen LogP contribution in [0.15, 0.2) is 120 Å². The smallest absolute Gasteiger partial charge is 0.263 e. The van der Waals surface area contributed by atoms with E-state index < -0.39 is 0 Å². The van der Waals surface area contributed by atoms with Crippen molar-refractivity contribution in [2.24, 2.45) is 5.10 Å². The van der Waals surface area contributed by atoms with Crippen molar-refractivity contribution in [3.8, 4) is 34.0 Å². The predicted molar refractivity (Wildman–Crippen MR) is 135 cm³/mol. The molecule has 0 aliphatic heterocycles. The van der Waals surface area contributed by atoms with E-state index in [9.17, 15) is 0 Å². The predicted octanol–water partition coefficient (Wildman–Crippen LogP) is 6.44. The fourth-order valence-corrected chi connectivity index (χ4v) is 3.41. The molecule has 0 fully saturated rings. The number of para-hydroxylation sites is 1. The number of ether oxygens (including phenoxy) is 1. The third-order valence-electron chi connectivity index (χ3n) is 5.00. The van der Waals surface area contributed by atoms with Crippen molar-refractivity contribution in [2.75, 3.05) is 5.43 Å². The van der Waals surface area contributed by atoms with Crippen LogP contribution in [-0.2, 0) is 0 Å². The van der Waals surface area contributed by atoms with Crippen LogP contribution in [0, 0.1) is 0 Å². The van der Waals surface area contributed by atoms with Gasteiger partial charge in [0.05, 0.1) is 6.21 Å². The molecule has 0 unspecified atom stereocenters. The Bertz CT molecular complexity index is 1390. The van der Waals surface area contributed by atoms with Crippen molar-refractivity contribution in [1.82, 2.24) is 15.2 Å². The Balaban J connectivity index is 1.36. The van der Waals surface area contributed by atoms with Crippen LogP contribution in [0.2, 0.25) is 0 Å². The summed E-state index contributed by atoms with van der Waals surface area (Å²) in [5.41, 5.74) is 7.12. The summed E-state index contributed by atoms with van der Waals surface area (Å²) in [5.74, 6) is 1.82. The van der Waals surface area contributed by atoms with Crippen LogP contribution in [0.4, 0.5) is 5.95 Å². The van der Waals surface area contributed by atoms with Gasteiger partial charge in [-0.15, -0.1) is 10.2 Å². The molecule has 34 heavy (non-hydrogen) atoms. The molecule has 0 bridgehead atoms. The molecule has 0 aliphatic carbocycles. The van der Waals surface area contributed by atoms with Crippen molar-refractivity contribution >= 4 is 12.2 Å². The van der Waals surface area contributed by atoms with Gasteiger partial charge in [-0.2, -0.15) is 5.10 Å². The number of hydrazone groups is 1. The van der Waals surface area contributed by atoms with Crippen molar-refractivity contribution < 1.29 is 4.74 Å². The van der Waals surface area contributed by atoms with E-state index in [-0.39, 0.29) is 0 Å². The summed E-state index contributed by atoms with van der Waals surface area (Å²) >= 11 is 0. The molecule has 1 N–H and O–H groups in total. The van der Waals surface area contributed by atoms with Gasteiger partial charge in [0.25, 0.3) is 5.95 Å². The highest BCUT2D eigenvalue weighted by atomic mass is 16.5. The quantitative estimate of drug-likeness (QED) is 0.231. The van der Waals surface area contributed by atoms with Crippen molar-refractivity contribution in [3.05, 3.63) is 121 Å². The normalized spacial score (nSPS) is 10.8. The number of nitrogens with zero attached hydrogens (tertiary/aromatic N) is 4. The fourth-order valence-electron chi connectivity index (χ4n) is 3.41. The number of nitrogens with one attached hydrogen (secondary N) is 1. The van der Waals surface area contributed by atoms with Crippen LogP contribution in [0.3, 0.4) is 0 Å². The van der Waals surface area contributed by atoms with E-state index in [0.29, 0.717) is 11.6 Å². The average Bonchev–Trinajstić information content (AvgIpc) is 2.90. The molecule has 6 nitrogen and oxygen atoms in total. The zero-order valence-electron chi connectivity index (χ0n) is 18.2. The molecule has 0 amide bonds. The van der Waals surface area contributed by atoms with E-state index in [1.807, 2.05) is 115 Å². The Morgan fingerprint density at radius 2 is 1.24 bits per heavy atom. The van der Waals surface area contributed by atoms with Gasteiger partial charge in [0.2, 0.25) is 0 Å². The number of aromatic nitrogens is 3. The zero-order chi connectivity index (χ0) is 23.0. The van der Waals surface area contributed by atoms with Crippen LogP contribution in [0.5, 0.6) is 11.5 Å². The molecular weight excluding hydrogens is 422 g/mol. The van der Waals surface area contributed by atoms with Crippen molar-refractivity contribution in [1.29, 1.82) is 0 Å². The summed E-state index contributed by atoms with van der Waals surface area (Å²) in [6.45, 7) is 0. The molecule has 0 spiro atoms. The van der Waals surface area contributed by atoms with E-state index >= 15 is 0 Å². The second-order valence-corrected chi connectivity index (χ2v) is 7.42. The zero-order valence-corrected chi connectivity index (χ0v) is 18.2. The molecule has 4 aromatic carbocycles. The molecule has 5 rings (SSSR count). The minimum Gasteiger partial charge on any atom is -0.457 e. The first-order valence-corrected chi connectivity index (χ1v) is 10.8. The maximum atomic E-state index is 5.89. The van der Waals surface area contributed by atoms with Gasteiger partial charge in [-0.05, 0) is 29.8 Å². The highest BCUT2D eigenvalue weighted by molar-refractivity contribution is 5.81. The van der Waals surface area contributed by atoms with Gasteiger partial charge in [0, 0.05) is 11.1 Å². The molecule has 0 aliphatic rings.